The van der Waals surface area contributed by atoms with Crippen LogP contribution in [-0.2, 0) is 19.9 Å². The SMILES string of the molecule is CCC1(c2ccc(OC)c(C)c2)NC(=O)N(CC(=O)N2CCC(C(N)=O)CC2)C1=O. The van der Waals surface area contributed by atoms with Crippen molar-refractivity contribution in [2.24, 2.45) is 11.7 Å². The maximum absolute atomic E-state index is 13.3. The Kier molecular flexibility index (Phi) is 6.00. The first-order chi connectivity index (χ1) is 14.2. The molecule has 2 saturated heterocycles. The van der Waals surface area contributed by atoms with Crippen molar-refractivity contribution >= 4 is 23.8 Å². The Hall–Kier alpha value is -3.10. The lowest BCUT2D eigenvalue weighted by Gasteiger charge is -2.31. The number of piperidine rings is 1. The number of nitrogens with one attached hydrogen (secondary N) is 1. The number of nitrogens with two attached hydrogens (primary N) is 1. The molecule has 30 heavy (non-hydrogen) atoms. The van der Waals surface area contributed by atoms with Gasteiger partial charge in [-0.05, 0) is 49.4 Å². The number of hydrogen-bond acceptors (Lipinski definition) is 5. The monoisotopic (exact) mass is 416 g/mol. The summed E-state index contributed by atoms with van der Waals surface area (Å²) in [6.07, 6.45) is 1.33. The van der Waals surface area contributed by atoms with E-state index in [0.29, 0.717) is 43.7 Å². The van der Waals surface area contributed by atoms with Gasteiger partial charge in [0.2, 0.25) is 11.8 Å². The van der Waals surface area contributed by atoms with Crippen LogP contribution in [0.5, 0.6) is 5.75 Å². The summed E-state index contributed by atoms with van der Waals surface area (Å²) in [6.45, 7) is 4.11. The van der Waals surface area contributed by atoms with Crippen molar-refractivity contribution in [3.63, 3.8) is 0 Å². The van der Waals surface area contributed by atoms with Gasteiger partial charge in [-0.1, -0.05) is 13.0 Å². The minimum absolute atomic E-state index is 0.239. The van der Waals surface area contributed by atoms with E-state index in [4.69, 9.17) is 10.5 Å². The van der Waals surface area contributed by atoms with Crippen LogP contribution in [0.4, 0.5) is 4.79 Å². The molecular formula is C21H28N4O5. The van der Waals surface area contributed by atoms with Crippen LogP contribution in [0.2, 0.25) is 0 Å². The zero-order valence-corrected chi connectivity index (χ0v) is 17.6. The maximum atomic E-state index is 13.3. The van der Waals surface area contributed by atoms with Gasteiger partial charge in [-0.15, -0.1) is 0 Å². The largest absolute Gasteiger partial charge is 0.496 e. The van der Waals surface area contributed by atoms with Crippen molar-refractivity contribution in [1.82, 2.24) is 15.1 Å². The van der Waals surface area contributed by atoms with Crippen molar-refractivity contribution in [1.29, 1.82) is 0 Å². The van der Waals surface area contributed by atoms with Crippen LogP contribution in [0, 0.1) is 12.8 Å². The van der Waals surface area contributed by atoms with E-state index in [9.17, 15) is 19.2 Å². The second-order valence-corrected chi connectivity index (χ2v) is 7.82. The number of hydrogen-bond donors (Lipinski definition) is 2. The predicted molar refractivity (Wildman–Crippen MR) is 108 cm³/mol. The van der Waals surface area contributed by atoms with Crippen molar-refractivity contribution in [2.45, 2.75) is 38.6 Å². The summed E-state index contributed by atoms with van der Waals surface area (Å²) < 4.78 is 5.28. The molecule has 1 atom stereocenters. The van der Waals surface area contributed by atoms with Crippen molar-refractivity contribution in [2.75, 3.05) is 26.7 Å². The molecule has 0 saturated carbocycles. The van der Waals surface area contributed by atoms with Gasteiger partial charge in [-0.2, -0.15) is 0 Å². The summed E-state index contributed by atoms with van der Waals surface area (Å²) in [5, 5.41) is 2.79. The molecule has 1 aromatic rings. The molecule has 0 aromatic heterocycles. The highest BCUT2D eigenvalue weighted by atomic mass is 16.5. The summed E-state index contributed by atoms with van der Waals surface area (Å²) in [6, 6.07) is 4.75. The summed E-state index contributed by atoms with van der Waals surface area (Å²) in [7, 11) is 1.57. The zero-order chi connectivity index (χ0) is 22.1. The summed E-state index contributed by atoms with van der Waals surface area (Å²) in [4.78, 5) is 52.5. The minimum atomic E-state index is -1.21. The number of methoxy groups -OCH3 is 1. The lowest BCUT2D eigenvalue weighted by atomic mass is 9.86. The molecular weight excluding hydrogens is 388 g/mol. The third-order valence-electron chi connectivity index (χ3n) is 6.14. The van der Waals surface area contributed by atoms with E-state index >= 15 is 0 Å². The summed E-state index contributed by atoms with van der Waals surface area (Å²) >= 11 is 0. The van der Waals surface area contributed by atoms with E-state index in [1.807, 2.05) is 19.9 Å². The van der Waals surface area contributed by atoms with Gasteiger partial charge in [0.05, 0.1) is 7.11 Å². The molecule has 5 amide bonds. The number of aryl methyl sites for hydroxylation is 1. The summed E-state index contributed by atoms with van der Waals surface area (Å²) in [5.41, 5.74) is 5.61. The smallest absolute Gasteiger partial charge is 0.325 e. The van der Waals surface area contributed by atoms with Crippen LogP contribution in [0.1, 0.15) is 37.3 Å². The number of amides is 5. The zero-order valence-electron chi connectivity index (χ0n) is 17.6. The lowest BCUT2D eigenvalue weighted by molar-refractivity contribution is -0.140. The van der Waals surface area contributed by atoms with Gasteiger partial charge >= 0.3 is 6.03 Å². The molecule has 0 spiro atoms. The minimum Gasteiger partial charge on any atom is -0.496 e. The second kappa shape index (κ2) is 8.33. The third-order valence-corrected chi connectivity index (χ3v) is 6.14. The van der Waals surface area contributed by atoms with Crippen LogP contribution in [-0.4, -0.2) is 60.3 Å². The van der Waals surface area contributed by atoms with Crippen LogP contribution >= 0.6 is 0 Å². The highest BCUT2D eigenvalue weighted by molar-refractivity contribution is 6.09. The average Bonchev–Trinajstić information content (AvgIpc) is 2.98. The Bertz CT molecular complexity index is 878. The highest BCUT2D eigenvalue weighted by Gasteiger charge is 2.52. The number of imide groups is 1. The predicted octanol–water partition coefficient (Wildman–Crippen LogP) is 0.885. The van der Waals surface area contributed by atoms with Crippen LogP contribution in [0.25, 0.3) is 0 Å². The number of urea groups is 1. The molecule has 0 aliphatic carbocycles. The van der Waals surface area contributed by atoms with E-state index in [-0.39, 0.29) is 24.3 Å². The molecule has 0 radical (unpaired) electrons. The topological polar surface area (TPSA) is 122 Å². The average molecular weight is 416 g/mol. The molecule has 3 N–H and O–H groups in total. The van der Waals surface area contributed by atoms with Gasteiger partial charge in [0.25, 0.3) is 5.91 Å². The Morgan fingerprint density at radius 3 is 2.47 bits per heavy atom. The number of likely N-dealkylation sites (tertiary alicyclic amines) is 1. The van der Waals surface area contributed by atoms with Crippen molar-refractivity contribution < 1.29 is 23.9 Å². The van der Waals surface area contributed by atoms with E-state index in [0.717, 1.165) is 10.5 Å². The fourth-order valence-electron chi connectivity index (χ4n) is 4.20. The number of nitrogens with zero attached hydrogens (tertiary/aromatic N) is 2. The van der Waals surface area contributed by atoms with E-state index in [2.05, 4.69) is 5.32 Å². The van der Waals surface area contributed by atoms with Gasteiger partial charge in [0, 0.05) is 19.0 Å². The van der Waals surface area contributed by atoms with Crippen LogP contribution in [0.15, 0.2) is 18.2 Å². The first-order valence-corrected chi connectivity index (χ1v) is 10.1. The normalized spacial score (nSPS) is 22.2. The van der Waals surface area contributed by atoms with Gasteiger partial charge in [0.1, 0.15) is 17.8 Å². The molecule has 9 heteroatoms. The number of primary amides is 1. The lowest BCUT2D eigenvalue weighted by Crippen LogP contribution is -2.48. The van der Waals surface area contributed by atoms with E-state index < -0.39 is 17.5 Å². The van der Waals surface area contributed by atoms with Gasteiger partial charge in [-0.25, -0.2) is 4.79 Å². The van der Waals surface area contributed by atoms with E-state index in [1.54, 1.807) is 24.1 Å². The Balaban J connectivity index is 1.76. The first kappa shape index (κ1) is 21.6. The molecule has 0 bridgehead atoms. The second-order valence-electron chi connectivity index (χ2n) is 7.82. The molecule has 1 aromatic carbocycles. The standard InChI is InChI=1S/C21H28N4O5/c1-4-21(15-5-6-16(30-3)13(2)11-15)19(28)25(20(29)23-21)12-17(26)24-9-7-14(8-10-24)18(22)27/h5-6,11,14H,4,7-10,12H2,1-3H3,(H2,22,27)(H,23,29). The molecule has 2 fully saturated rings. The molecule has 2 aliphatic heterocycles. The molecule has 2 heterocycles. The molecule has 3 rings (SSSR count). The Morgan fingerprint density at radius 2 is 1.93 bits per heavy atom. The van der Waals surface area contributed by atoms with Crippen LogP contribution in [0.3, 0.4) is 0 Å². The van der Waals surface area contributed by atoms with Gasteiger partial charge in [-0.3, -0.25) is 19.3 Å². The first-order valence-electron chi connectivity index (χ1n) is 10.1. The number of rotatable bonds is 6. The fourth-order valence-corrected chi connectivity index (χ4v) is 4.20. The van der Waals surface area contributed by atoms with Gasteiger partial charge in [0.15, 0.2) is 0 Å². The Labute approximate surface area is 175 Å². The fraction of sp³-hybridized carbons (Fsp3) is 0.524. The van der Waals surface area contributed by atoms with E-state index in [1.165, 1.54) is 0 Å². The third kappa shape index (κ3) is 3.71. The number of ether oxygens (including phenoxy) is 1. The van der Waals surface area contributed by atoms with Crippen molar-refractivity contribution in [3.05, 3.63) is 29.3 Å². The highest BCUT2D eigenvalue weighted by Crippen LogP contribution is 2.34. The molecule has 2 aliphatic rings. The Morgan fingerprint density at radius 1 is 1.27 bits per heavy atom. The van der Waals surface area contributed by atoms with Crippen molar-refractivity contribution in [3.8, 4) is 5.75 Å². The summed E-state index contributed by atoms with van der Waals surface area (Å²) in [5.74, 6) is -0.678. The molecule has 9 nitrogen and oxygen atoms in total. The molecule has 162 valence electrons. The van der Waals surface area contributed by atoms with Gasteiger partial charge < -0.3 is 20.7 Å². The molecule has 1 unspecified atom stereocenters. The number of benzene rings is 1. The number of carbonyl (C=O) groups excluding carboxylic acids is 4. The number of carbonyl (C=O) groups is 4. The maximum Gasteiger partial charge on any atom is 0.325 e. The van der Waals surface area contributed by atoms with Crippen LogP contribution < -0.4 is 15.8 Å². The quantitative estimate of drug-likeness (QED) is 0.667.